The summed E-state index contributed by atoms with van der Waals surface area (Å²) in [6.45, 7) is 1.91. The van der Waals surface area contributed by atoms with E-state index >= 15 is 0 Å². The van der Waals surface area contributed by atoms with E-state index in [1.54, 1.807) is 6.21 Å². The van der Waals surface area contributed by atoms with Crippen LogP contribution in [0.5, 0.6) is 0 Å². The molecule has 0 bridgehead atoms. The van der Waals surface area contributed by atoms with Crippen LogP contribution in [0.3, 0.4) is 0 Å². The summed E-state index contributed by atoms with van der Waals surface area (Å²) in [5.41, 5.74) is 6.80. The minimum absolute atomic E-state index is 0.0428. The summed E-state index contributed by atoms with van der Waals surface area (Å²) >= 11 is 0. The zero-order chi connectivity index (χ0) is 27.2. The number of hydrogen-bond donors (Lipinski definition) is 3. The number of nitro benzene ring substituents is 1. The summed E-state index contributed by atoms with van der Waals surface area (Å²) in [5.74, 6) is -1.23. The highest BCUT2D eigenvalue weighted by atomic mass is 16.6. The number of non-ortho nitro benzene ring substituents is 1. The first-order valence-electron chi connectivity index (χ1n) is 11.7. The number of hydrazone groups is 1. The number of nitrogens with zero attached hydrogens (tertiary/aromatic N) is 3. The predicted octanol–water partition coefficient (Wildman–Crippen LogP) is 4.37. The Hall–Kier alpha value is -5.25. The van der Waals surface area contributed by atoms with Crippen molar-refractivity contribution in [2.24, 2.45) is 5.10 Å². The third kappa shape index (κ3) is 5.93. The molecule has 0 aliphatic carbocycles. The molecule has 4 aromatic rings. The number of para-hydroxylation sites is 1. The van der Waals surface area contributed by atoms with Crippen LogP contribution < -0.4 is 15.6 Å². The van der Waals surface area contributed by atoms with Crippen LogP contribution in [0.1, 0.15) is 27.2 Å². The summed E-state index contributed by atoms with van der Waals surface area (Å²) in [5, 5.41) is 18.6. The van der Waals surface area contributed by atoms with E-state index in [0.29, 0.717) is 5.56 Å². The summed E-state index contributed by atoms with van der Waals surface area (Å²) in [6, 6.07) is 20.3. The van der Waals surface area contributed by atoms with Crippen LogP contribution in [0, 0.1) is 17.0 Å². The molecule has 3 N–H and O–H groups in total. The molecule has 0 spiro atoms. The second-order valence-corrected chi connectivity index (χ2v) is 8.71. The molecule has 0 saturated heterocycles. The van der Waals surface area contributed by atoms with E-state index in [2.05, 4.69) is 20.8 Å². The Morgan fingerprint density at radius 3 is 2.34 bits per heavy atom. The topological polar surface area (TPSA) is 133 Å². The van der Waals surface area contributed by atoms with Crippen molar-refractivity contribution < 1.29 is 14.5 Å². The van der Waals surface area contributed by atoms with Gasteiger partial charge in [0, 0.05) is 59.6 Å². The molecule has 0 saturated carbocycles. The molecular weight excluding hydrogens is 484 g/mol. The van der Waals surface area contributed by atoms with Crippen LogP contribution in [0.4, 0.5) is 11.4 Å². The van der Waals surface area contributed by atoms with Crippen LogP contribution >= 0.6 is 0 Å². The van der Waals surface area contributed by atoms with Gasteiger partial charge in [-0.1, -0.05) is 30.3 Å². The molecule has 0 fully saturated rings. The van der Waals surface area contributed by atoms with Gasteiger partial charge in [-0.15, -0.1) is 0 Å². The number of nitro groups is 1. The molecule has 2 amide bonds. The van der Waals surface area contributed by atoms with E-state index in [1.165, 1.54) is 30.3 Å². The van der Waals surface area contributed by atoms with E-state index < -0.39 is 16.7 Å². The van der Waals surface area contributed by atoms with Gasteiger partial charge in [-0.3, -0.25) is 19.7 Å². The molecule has 4 rings (SSSR count). The molecule has 1 heterocycles. The molecule has 10 nitrogen and oxygen atoms in total. The molecule has 192 valence electrons. The molecule has 0 unspecified atom stereocenters. The summed E-state index contributed by atoms with van der Waals surface area (Å²) in [7, 11) is 3.84. The minimum Gasteiger partial charge on any atom is -0.378 e. The van der Waals surface area contributed by atoms with Gasteiger partial charge >= 0.3 is 0 Å². The van der Waals surface area contributed by atoms with Gasteiger partial charge in [0.15, 0.2) is 0 Å². The number of nitrogens with one attached hydrogen (secondary N) is 3. The number of carbonyl (C=O) groups excluding carboxylic acids is 2. The monoisotopic (exact) mass is 510 g/mol. The highest BCUT2D eigenvalue weighted by Crippen LogP contribution is 2.20. The van der Waals surface area contributed by atoms with E-state index in [1.807, 2.05) is 74.4 Å². The lowest BCUT2D eigenvalue weighted by molar-refractivity contribution is -0.384. The maximum atomic E-state index is 13.1. The number of rotatable bonds is 8. The average molecular weight is 511 g/mol. The van der Waals surface area contributed by atoms with Crippen LogP contribution in [-0.4, -0.2) is 42.0 Å². The van der Waals surface area contributed by atoms with Crippen LogP contribution in [0.15, 0.2) is 83.6 Å². The molecule has 0 radical (unpaired) electrons. The van der Waals surface area contributed by atoms with Crippen molar-refractivity contribution in [1.29, 1.82) is 0 Å². The molecule has 0 aliphatic heterocycles. The highest BCUT2D eigenvalue weighted by molar-refractivity contribution is 6.06. The number of amides is 2. The number of hydrogen-bond acceptors (Lipinski definition) is 6. The Labute approximate surface area is 218 Å². The van der Waals surface area contributed by atoms with Gasteiger partial charge in [0.25, 0.3) is 17.5 Å². The van der Waals surface area contributed by atoms with Crippen LogP contribution in [0.25, 0.3) is 17.0 Å². The number of benzene rings is 3. The number of H-pyrrole nitrogens is 1. The largest absolute Gasteiger partial charge is 0.378 e. The second-order valence-electron chi connectivity index (χ2n) is 8.71. The molecule has 3 aromatic carbocycles. The van der Waals surface area contributed by atoms with Gasteiger partial charge in [0.2, 0.25) is 0 Å². The van der Waals surface area contributed by atoms with Gasteiger partial charge in [-0.25, -0.2) is 5.43 Å². The zero-order valence-electron chi connectivity index (χ0n) is 21.1. The molecule has 1 aromatic heterocycles. The number of aryl methyl sites for hydroxylation is 1. The van der Waals surface area contributed by atoms with Crippen LogP contribution in [0.2, 0.25) is 0 Å². The van der Waals surface area contributed by atoms with Gasteiger partial charge < -0.3 is 15.2 Å². The number of anilines is 1. The van der Waals surface area contributed by atoms with Crippen LogP contribution in [-0.2, 0) is 4.79 Å². The van der Waals surface area contributed by atoms with E-state index in [4.69, 9.17) is 0 Å². The minimum atomic E-state index is -0.634. The van der Waals surface area contributed by atoms with Crippen molar-refractivity contribution in [3.63, 3.8) is 0 Å². The van der Waals surface area contributed by atoms with Gasteiger partial charge in [0.05, 0.1) is 11.1 Å². The fourth-order valence-corrected chi connectivity index (χ4v) is 3.80. The van der Waals surface area contributed by atoms with Gasteiger partial charge in [-0.05, 0) is 48.9 Å². The smallest absolute Gasteiger partial charge is 0.287 e. The normalized spacial score (nSPS) is 11.5. The third-order valence-electron chi connectivity index (χ3n) is 5.86. The third-order valence-corrected chi connectivity index (χ3v) is 5.86. The number of fused-ring (bicyclic) bond motifs is 1. The zero-order valence-corrected chi connectivity index (χ0v) is 21.1. The number of aromatic nitrogens is 1. The fraction of sp³-hybridized carbons (Fsp3) is 0.107. The van der Waals surface area contributed by atoms with Crippen molar-refractivity contribution in [3.8, 4) is 0 Å². The second kappa shape index (κ2) is 11.2. The van der Waals surface area contributed by atoms with E-state index in [0.717, 1.165) is 27.8 Å². The maximum absolute atomic E-state index is 13.1. The summed E-state index contributed by atoms with van der Waals surface area (Å²) < 4.78 is 0. The van der Waals surface area contributed by atoms with Gasteiger partial charge in [0.1, 0.15) is 5.70 Å². The van der Waals surface area contributed by atoms with E-state index in [-0.39, 0.29) is 16.9 Å². The SMILES string of the molecule is Cc1[nH]c2ccccc2c1C=NNC(=O)/C(=C/c1ccc(N(C)C)cc1)NC(=O)c1ccc([N+](=O)[O-])cc1. The Kier molecular flexibility index (Phi) is 7.62. The standard InChI is InChI=1S/C28H26N6O4/c1-18-24(23-6-4-5-7-25(23)30-18)17-29-32-28(36)26(16-19-8-12-21(13-9-19)33(2)3)31-27(35)20-10-14-22(15-11-20)34(37)38/h4-17,30H,1-3H3,(H,31,35)(H,32,36)/b26-16-,29-17?. The Morgan fingerprint density at radius 1 is 1.00 bits per heavy atom. The average Bonchev–Trinajstić information content (AvgIpc) is 3.23. The lowest BCUT2D eigenvalue weighted by Crippen LogP contribution is -2.32. The first kappa shape index (κ1) is 25.8. The summed E-state index contributed by atoms with van der Waals surface area (Å²) in [6.07, 6.45) is 3.08. The predicted molar refractivity (Wildman–Crippen MR) is 148 cm³/mol. The Morgan fingerprint density at radius 2 is 1.68 bits per heavy atom. The lowest BCUT2D eigenvalue weighted by atomic mass is 10.1. The van der Waals surface area contributed by atoms with Crippen molar-refractivity contribution in [3.05, 3.63) is 111 Å². The molecule has 10 heteroatoms. The molecular formula is C28H26N6O4. The quantitative estimate of drug-likeness (QED) is 0.140. The first-order chi connectivity index (χ1) is 18.2. The first-order valence-corrected chi connectivity index (χ1v) is 11.7. The van der Waals surface area contributed by atoms with Crippen molar-refractivity contribution >= 4 is 46.4 Å². The van der Waals surface area contributed by atoms with E-state index in [9.17, 15) is 19.7 Å². The number of carbonyl (C=O) groups is 2. The molecule has 38 heavy (non-hydrogen) atoms. The fourth-order valence-electron chi connectivity index (χ4n) is 3.80. The summed E-state index contributed by atoms with van der Waals surface area (Å²) in [4.78, 5) is 41.6. The van der Waals surface area contributed by atoms with Crippen molar-refractivity contribution in [2.45, 2.75) is 6.92 Å². The van der Waals surface area contributed by atoms with Gasteiger partial charge in [-0.2, -0.15) is 5.10 Å². The Balaban J connectivity index is 1.58. The van der Waals surface area contributed by atoms with Crippen molar-refractivity contribution in [1.82, 2.24) is 15.7 Å². The van der Waals surface area contributed by atoms with Crippen molar-refractivity contribution in [2.75, 3.05) is 19.0 Å². The lowest BCUT2D eigenvalue weighted by Gasteiger charge is -2.12. The highest BCUT2D eigenvalue weighted by Gasteiger charge is 2.16. The molecule has 0 aliphatic rings. The molecule has 0 atom stereocenters. The Bertz CT molecular complexity index is 1550. The maximum Gasteiger partial charge on any atom is 0.287 e. The number of aromatic amines is 1.